The van der Waals surface area contributed by atoms with Gasteiger partial charge in [-0.1, -0.05) is 6.92 Å². The lowest BCUT2D eigenvalue weighted by atomic mass is 10.2. The summed E-state index contributed by atoms with van der Waals surface area (Å²) >= 11 is 2.18. The van der Waals surface area contributed by atoms with E-state index >= 15 is 0 Å². The molecule has 15 heavy (non-hydrogen) atoms. The highest BCUT2D eigenvalue weighted by Crippen LogP contribution is 2.28. The Balaban J connectivity index is 2.37. The summed E-state index contributed by atoms with van der Waals surface area (Å²) in [5.41, 5.74) is 1.87. The highest BCUT2D eigenvalue weighted by molar-refractivity contribution is 14.1. The summed E-state index contributed by atoms with van der Waals surface area (Å²) in [5.74, 6) is 1.02. The molecule has 0 unspecified atom stereocenters. The van der Waals surface area contributed by atoms with Crippen molar-refractivity contribution >= 4 is 44.5 Å². The number of benzene rings is 1. The van der Waals surface area contributed by atoms with Gasteiger partial charge < -0.3 is 8.83 Å². The zero-order valence-corrected chi connectivity index (χ0v) is 10.4. The molecule has 0 aliphatic carbocycles. The van der Waals surface area contributed by atoms with E-state index in [0.29, 0.717) is 0 Å². The summed E-state index contributed by atoms with van der Waals surface area (Å²) in [6.07, 6.45) is 0.924. The first-order valence-electron chi connectivity index (χ1n) is 4.88. The van der Waals surface area contributed by atoms with Crippen molar-refractivity contribution in [3.63, 3.8) is 0 Å². The summed E-state index contributed by atoms with van der Waals surface area (Å²) in [5, 5.41) is 2.22. The fourth-order valence-electron chi connectivity index (χ4n) is 1.77. The van der Waals surface area contributed by atoms with Crippen LogP contribution >= 0.6 is 22.6 Å². The Morgan fingerprint density at radius 1 is 1.00 bits per heavy atom. The standard InChI is InChI=1S/C12H9IO2/c1-2-9-3-7-4-11-8(5-10(7)14-9)6-12(13)15-11/h3-6H,2H2,1H3. The Bertz CT molecular complexity index is 582. The van der Waals surface area contributed by atoms with E-state index in [1.807, 2.05) is 18.2 Å². The molecule has 0 saturated heterocycles. The zero-order valence-electron chi connectivity index (χ0n) is 8.21. The fourth-order valence-corrected chi connectivity index (χ4v) is 2.34. The molecule has 0 N–H and O–H groups in total. The van der Waals surface area contributed by atoms with Crippen molar-refractivity contribution in [2.24, 2.45) is 0 Å². The number of halogens is 1. The second-order valence-electron chi connectivity index (χ2n) is 3.54. The van der Waals surface area contributed by atoms with Gasteiger partial charge in [0.05, 0.1) is 0 Å². The second-order valence-corrected chi connectivity index (χ2v) is 4.61. The minimum Gasteiger partial charge on any atom is -0.461 e. The normalized spacial score (nSPS) is 11.6. The van der Waals surface area contributed by atoms with Crippen LogP contribution in [0.2, 0.25) is 0 Å². The molecule has 0 atom stereocenters. The van der Waals surface area contributed by atoms with Crippen molar-refractivity contribution in [2.75, 3.05) is 0 Å². The van der Waals surface area contributed by atoms with E-state index in [1.54, 1.807) is 0 Å². The highest BCUT2D eigenvalue weighted by Gasteiger charge is 2.07. The van der Waals surface area contributed by atoms with Gasteiger partial charge in [-0.3, -0.25) is 0 Å². The summed E-state index contributed by atoms with van der Waals surface area (Å²) in [6, 6.07) is 8.17. The molecule has 3 heteroatoms. The lowest BCUT2D eigenvalue weighted by molar-refractivity contribution is 0.557. The van der Waals surface area contributed by atoms with Crippen LogP contribution < -0.4 is 0 Å². The second kappa shape index (κ2) is 3.27. The number of fused-ring (bicyclic) bond motifs is 2. The van der Waals surface area contributed by atoms with Crippen molar-refractivity contribution in [3.05, 3.63) is 33.8 Å². The van der Waals surface area contributed by atoms with Gasteiger partial charge in [-0.25, -0.2) is 0 Å². The molecule has 0 aliphatic rings. The fraction of sp³-hybridized carbons (Fsp3) is 0.167. The predicted octanol–water partition coefficient (Wildman–Crippen LogP) is 4.35. The molecule has 2 nitrogen and oxygen atoms in total. The van der Waals surface area contributed by atoms with Gasteiger partial charge in [0.2, 0.25) is 0 Å². The molecule has 3 rings (SSSR count). The van der Waals surface area contributed by atoms with Gasteiger partial charge in [-0.15, -0.1) is 0 Å². The molecule has 3 aromatic rings. The number of hydrogen-bond donors (Lipinski definition) is 0. The van der Waals surface area contributed by atoms with Gasteiger partial charge in [0.25, 0.3) is 0 Å². The van der Waals surface area contributed by atoms with Gasteiger partial charge in [0.1, 0.15) is 16.9 Å². The molecule has 2 heterocycles. The zero-order chi connectivity index (χ0) is 10.4. The van der Waals surface area contributed by atoms with Crippen molar-refractivity contribution in [2.45, 2.75) is 13.3 Å². The van der Waals surface area contributed by atoms with Gasteiger partial charge >= 0.3 is 0 Å². The topological polar surface area (TPSA) is 26.3 Å². The van der Waals surface area contributed by atoms with E-state index in [0.717, 1.165) is 37.9 Å². The molecule has 1 aromatic carbocycles. The molecule has 0 saturated carbocycles. The molecule has 0 fully saturated rings. The van der Waals surface area contributed by atoms with Crippen molar-refractivity contribution in [3.8, 4) is 0 Å². The van der Waals surface area contributed by atoms with Gasteiger partial charge in [0, 0.05) is 17.2 Å². The van der Waals surface area contributed by atoms with Gasteiger partial charge in [0.15, 0.2) is 3.77 Å². The van der Waals surface area contributed by atoms with E-state index in [4.69, 9.17) is 8.83 Å². The Hall–Kier alpha value is -0.970. The van der Waals surface area contributed by atoms with Crippen LogP contribution in [0.15, 0.2) is 33.1 Å². The Morgan fingerprint density at radius 2 is 1.67 bits per heavy atom. The Morgan fingerprint density at radius 3 is 2.40 bits per heavy atom. The first-order chi connectivity index (χ1) is 7.26. The molecule has 0 bridgehead atoms. The van der Waals surface area contributed by atoms with Crippen LogP contribution in [-0.4, -0.2) is 0 Å². The summed E-state index contributed by atoms with van der Waals surface area (Å²) in [6.45, 7) is 2.09. The quantitative estimate of drug-likeness (QED) is 0.625. The minimum atomic E-state index is 0.908. The first-order valence-corrected chi connectivity index (χ1v) is 5.95. The molecule has 0 amide bonds. The first kappa shape index (κ1) is 9.27. The monoisotopic (exact) mass is 312 g/mol. The highest BCUT2D eigenvalue weighted by atomic mass is 127. The van der Waals surface area contributed by atoms with E-state index in [2.05, 4.69) is 35.6 Å². The maximum absolute atomic E-state index is 5.69. The predicted molar refractivity (Wildman–Crippen MR) is 68.1 cm³/mol. The summed E-state index contributed by atoms with van der Waals surface area (Å²) < 4.78 is 12.2. The van der Waals surface area contributed by atoms with Crippen LogP contribution in [0.25, 0.3) is 21.9 Å². The third-order valence-corrected chi connectivity index (χ3v) is 3.06. The van der Waals surface area contributed by atoms with Crippen LogP contribution in [0, 0.1) is 3.77 Å². The van der Waals surface area contributed by atoms with Crippen LogP contribution in [0.5, 0.6) is 0 Å². The lowest BCUT2D eigenvalue weighted by Crippen LogP contribution is -1.67. The molecule has 76 valence electrons. The van der Waals surface area contributed by atoms with Crippen LogP contribution in [0.1, 0.15) is 12.7 Å². The maximum atomic E-state index is 5.69. The van der Waals surface area contributed by atoms with E-state index in [1.165, 1.54) is 0 Å². The molecular weight excluding hydrogens is 303 g/mol. The third kappa shape index (κ3) is 1.45. The molecule has 0 aliphatic heterocycles. The van der Waals surface area contributed by atoms with Crippen molar-refractivity contribution in [1.82, 2.24) is 0 Å². The number of hydrogen-bond acceptors (Lipinski definition) is 2. The average Bonchev–Trinajstić information content (AvgIpc) is 2.74. The van der Waals surface area contributed by atoms with Gasteiger partial charge in [-0.2, -0.15) is 0 Å². The maximum Gasteiger partial charge on any atom is 0.165 e. The molecule has 2 aromatic heterocycles. The smallest absolute Gasteiger partial charge is 0.165 e. The largest absolute Gasteiger partial charge is 0.461 e. The van der Waals surface area contributed by atoms with Crippen LogP contribution in [-0.2, 0) is 6.42 Å². The van der Waals surface area contributed by atoms with E-state index in [9.17, 15) is 0 Å². The summed E-state index contributed by atoms with van der Waals surface area (Å²) in [4.78, 5) is 0. The summed E-state index contributed by atoms with van der Waals surface area (Å²) in [7, 11) is 0. The number of aryl methyl sites for hydroxylation is 1. The van der Waals surface area contributed by atoms with Crippen molar-refractivity contribution in [1.29, 1.82) is 0 Å². The number of furan rings is 2. The SMILES string of the molecule is CCc1cc2cc3oc(I)cc3cc2o1. The van der Waals surface area contributed by atoms with Gasteiger partial charge in [-0.05, 0) is 46.9 Å². The average molecular weight is 312 g/mol. The number of rotatable bonds is 1. The molecule has 0 spiro atoms. The third-order valence-electron chi connectivity index (χ3n) is 2.52. The minimum absolute atomic E-state index is 0.908. The van der Waals surface area contributed by atoms with E-state index in [-0.39, 0.29) is 0 Å². The van der Waals surface area contributed by atoms with Crippen LogP contribution in [0.3, 0.4) is 0 Å². The molecular formula is C12H9IO2. The Labute approximate surface area is 100 Å². The van der Waals surface area contributed by atoms with Crippen LogP contribution in [0.4, 0.5) is 0 Å². The van der Waals surface area contributed by atoms with Crippen molar-refractivity contribution < 1.29 is 8.83 Å². The lowest BCUT2D eigenvalue weighted by Gasteiger charge is -1.88. The molecule has 0 radical (unpaired) electrons. The Kier molecular flexibility index (Phi) is 2.02. The van der Waals surface area contributed by atoms with E-state index < -0.39 is 0 Å².